The van der Waals surface area contributed by atoms with E-state index >= 15 is 0 Å². The lowest BCUT2D eigenvalue weighted by atomic mass is 10.1. The lowest BCUT2D eigenvalue weighted by molar-refractivity contribution is 0.0625. The summed E-state index contributed by atoms with van der Waals surface area (Å²) in [6, 6.07) is 1.51. The van der Waals surface area contributed by atoms with E-state index in [9.17, 15) is 0 Å². The Balaban J connectivity index is 1.90. The van der Waals surface area contributed by atoms with Gasteiger partial charge in [0.2, 0.25) is 0 Å². The van der Waals surface area contributed by atoms with E-state index in [0.29, 0.717) is 5.73 Å². The third-order valence-corrected chi connectivity index (χ3v) is 7.23. The maximum Gasteiger partial charge on any atom is 0.0686 e. The first-order valence-corrected chi connectivity index (χ1v) is 10.6. The van der Waals surface area contributed by atoms with Crippen molar-refractivity contribution < 1.29 is 4.74 Å². The number of hydrogen-bond donors (Lipinski definition) is 0. The molecule has 0 radical (unpaired) electrons. The zero-order valence-corrected chi connectivity index (χ0v) is 13.2. The molecular formula is C15H32OSi. The summed E-state index contributed by atoms with van der Waals surface area (Å²) in [7, 11) is -0.571. The molecule has 0 N–H and O–H groups in total. The SMILES string of the molecule is CCCCCCCCC[SiH](C)C1CCCCO1. The second-order valence-corrected chi connectivity index (χ2v) is 9.07. The molecule has 1 fully saturated rings. The Kier molecular flexibility index (Phi) is 9.08. The van der Waals surface area contributed by atoms with Crippen LogP contribution in [0.1, 0.15) is 71.1 Å². The Labute approximate surface area is 110 Å². The highest BCUT2D eigenvalue weighted by Gasteiger charge is 2.21. The van der Waals surface area contributed by atoms with Crippen LogP contribution in [0.15, 0.2) is 0 Å². The molecule has 0 amide bonds. The Hall–Kier alpha value is 0.177. The summed E-state index contributed by atoms with van der Waals surface area (Å²) >= 11 is 0. The van der Waals surface area contributed by atoms with Gasteiger partial charge in [-0.2, -0.15) is 0 Å². The summed E-state index contributed by atoms with van der Waals surface area (Å²) in [6.07, 6.45) is 14.2. The first kappa shape index (κ1) is 15.2. The van der Waals surface area contributed by atoms with Gasteiger partial charge in [-0.3, -0.25) is 0 Å². The molecule has 1 aliphatic heterocycles. The molecule has 2 atom stereocenters. The molecule has 102 valence electrons. The molecule has 1 aliphatic rings. The molecule has 0 aromatic carbocycles. The van der Waals surface area contributed by atoms with Crippen LogP contribution in [0.25, 0.3) is 0 Å². The van der Waals surface area contributed by atoms with Gasteiger partial charge in [0.15, 0.2) is 0 Å². The van der Waals surface area contributed by atoms with Gasteiger partial charge in [0, 0.05) is 12.3 Å². The van der Waals surface area contributed by atoms with Crippen molar-refractivity contribution in [2.45, 2.75) is 89.5 Å². The van der Waals surface area contributed by atoms with Crippen LogP contribution in [-0.2, 0) is 4.74 Å². The van der Waals surface area contributed by atoms with Crippen LogP contribution in [-0.4, -0.2) is 21.1 Å². The van der Waals surface area contributed by atoms with Gasteiger partial charge < -0.3 is 4.74 Å². The summed E-state index contributed by atoms with van der Waals surface area (Å²) in [5.74, 6) is 0. The fraction of sp³-hybridized carbons (Fsp3) is 1.00. The summed E-state index contributed by atoms with van der Waals surface area (Å²) in [4.78, 5) is 0. The molecule has 0 bridgehead atoms. The third kappa shape index (κ3) is 7.25. The maximum absolute atomic E-state index is 5.91. The van der Waals surface area contributed by atoms with E-state index in [4.69, 9.17) is 4.74 Å². The molecule has 0 aromatic heterocycles. The topological polar surface area (TPSA) is 9.23 Å². The van der Waals surface area contributed by atoms with E-state index in [1.807, 2.05) is 0 Å². The molecule has 0 aliphatic carbocycles. The normalized spacial score (nSPS) is 22.6. The van der Waals surface area contributed by atoms with E-state index < -0.39 is 8.80 Å². The van der Waals surface area contributed by atoms with Crippen molar-refractivity contribution in [3.63, 3.8) is 0 Å². The van der Waals surface area contributed by atoms with Crippen molar-refractivity contribution in [2.75, 3.05) is 6.61 Å². The second-order valence-electron chi connectivity index (χ2n) is 5.79. The minimum Gasteiger partial charge on any atom is -0.382 e. The zero-order valence-electron chi connectivity index (χ0n) is 12.0. The standard InChI is InChI=1S/C15H32OSi/c1-3-4-5-6-7-8-11-14-17(2)15-12-9-10-13-16-15/h15,17H,3-14H2,1-2H3. The molecule has 1 nitrogen and oxygen atoms in total. The van der Waals surface area contributed by atoms with Crippen LogP contribution >= 0.6 is 0 Å². The Morgan fingerprint density at radius 1 is 1.00 bits per heavy atom. The van der Waals surface area contributed by atoms with Gasteiger partial charge in [0.1, 0.15) is 0 Å². The first-order chi connectivity index (χ1) is 8.34. The molecular weight excluding hydrogens is 224 g/mol. The quantitative estimate of drug-likeness (QED) is 0.429. The van der Waals surface area contributed by atoms with Crippen molar-refractivity contribution in [1.29, 1.82) is 0 Å². The first-order valence-electron chi connectivity index (χ1n) is 7.96. The predicted octanol–water partition coefficient (Wildman–Crippen LogP) is 4.70. The summed E-state index contributed by atoms with van der Waals surface area (Å²) in [6.45, 7) is 5.85. The monoisotopic (exact) mass is 256 g/mol. The largest absolute Gasteiger partial charge is 0.382 e. The molecule has 2 heteroatoms. The van der Waals surface area contributed by atoms with E-state index in [2.05, 4.69) is 13.5 Å². The van der Waals surface area contributed by atoms with Crippen molar-refractivity contribution in [1.82, 2.24) is 0 Å². The average molecular weight is 257 g/mol. The van der Waals surface area contributed by atoms with Gasteiger partial charge in [0.05, 0.1) is 8.80 Å². The van der Waals surface area contributed by atoms with Gasteiger partial charge in [-0.15, -0.1) is 0 Å². The third-order valence-electron chi connectivity index (χ3n) is 4.11. The van der Waals surface area contributed by atoms with Crippen molar-refractivity contribution in [2.24, 2.45) is 0 Å². The smallest absolute Gasteiger partial charge is 0.0686 e. The van der Waals surface area contributed by atoms with E-state index in [1.54, 1.807) is 0 Å². The number of hydrogen-bond acceptors (Lipinski definition) is 1. The van der Waals surface area contributed by atoms with E-state index in [1.165, 1.54) is 70.3 Å². The molecule has 0 saturated carbocycles. The number of unbranched alkanes of at least 4 members (excludes halogenated alkanes) is 6. The minimum atomic E-state index is -0.571. The van der Waals surface area contributed by atoms with Gasteiger partial charge >= 0.3 is 0 Å². The van der Waals surface area contributed by atoms with Gasteiger partial charge in [-0.1, -0.05) is 64.5 Å². The summed E-state index contributed by atoms with van der Waals surface area (Å²) in [5.41, 5.74) is 0.712. The zero-order chi connectivity index (χ0) is 12.3. The lowest BCUT2D eigenvalue weighted by Gasteiger charge is -2.27. The van der Waals surface area contributed by atoms with Crippen molar-refractivity contribution in [3.05, 3.63) is 0 Å². The van der Waals surface area contributed by atoms with Gasteiger partial charge in [-0.05, 0) is 19.3 Å². The average Bonchev–Trinajstić information content (AvgIpc) is 2.38. The minimum absolute atomic E-state index is 0.571. The Morgan fingerprint density at radius 3 is 2.35 bits per heavy atom. The number of ether oxygens (including phenoxy) is 1. The lowest BCUT2D eigenvalue weighted by Crippen LogP contribution is -2.33. The summed E-state index contributed by atoms with van der Waals surface area (Å²) in [5, 5.41) is 0. The van der Waals surface area contributed by atoms with Crippen LogP contribution in [0.2, 0.25) is 12.6 Å². The molecule has 0 aromatic rings. The predicted molar refractivity (Wildman–Crippen MR) is 79.4 cm³/mol. The van der Waals surface area contributed by atoms with Gasteiger partial charge in [0.25, 0.3) is 0 Å². The second kappa shape index (κ2) is 10.1. The maximum atomic E-state index is 5.91. The molecule has 17 heavy (non-hydrogen) atoms. The van der Waals surface area contributed by atoms with Crippen LogP contribution in [0.5, 0.6) is 0 Å². The molecule has 1 heterocycles. The van der Waals surface area contributed by atoms with Crippen LogP contribution in [0, 0.1) is 0 Å². The molecule has 1 saturated heterocycles. The highest BCUT2D eigenvalue weighted by Crippen LogP contribution is 2.19. The van der Waals surface area contributed by atoms with Gasteiger partial charge in [-0.25, -0.2) is 0 Å². The highest BCUT2D eigenvalue weighted by atomic mass is 28.3. The van der Waals surface area contributed by atoms with Crippen LogP contribution < -0.4 is 0 Å². The molecule has 0 spiro atoms. The fourth-order valence-electron chi connectivity index (χ4n) is 2.82. The number of rotatable bonds is 9. The van der Waals surface area contributed by atoms with Crippen LogP contribution in [0.3, 0.4) is 0 Å². The fourth-order valence-corrected chi connectivity index (χ4v) is 5.40. The van der Waals surface area contributed by atoms with Crippen molar-refractivity contribution in [3.8, 4) is 0 Å². The Morgan fingerprint density at radius 2 is 1.71 bits per heavy atom. The van der Waals surface area contributed by atoms with Crippen LogP contribution in [0.4, 0.5) is 0 Å². The summed E-state index contributed by atoms with van der Waals surface area (Å²) < 4.78 is 5.91. The van der Waals surface area contributed by atoms with E-state index in [-0.39, 0.29) is 0 Å². The Bertz CT molecular complexity index is 166. The molecule has 1 rings (SSSR count). The molecule has 2 unspecified atom stereocenters. The van der Waals surface area contributed by atoms with E-state index in [0.717, 1.165) is 6.61 Å². The highest BCUT2D eigenvalue weighted by molar-refractivity contribution is 6.58. The van der Waals surface area contributed by atoms with Crippen molar-refractivity contribution >= 4 is 8.80 Å².